The van der Waals surface area contributed by atoms with E-state index in [-0.39, 0.29) is 24.0 Å². The molecule has 1 heterocycles. The van der Waals surface area contributed by atoms with Gasteiger partial charge in [0.1, 0.15) is 0 Å². The van der Waals surface area contributed by atoms with E-state index in [4.69, 9.17) is 4.74 Å². The molecule has 228 valence electrons. The van der Waals surface area contributed by atoms with E-state index in [1.165, 1.54) is 0 Å². The maximum atomic E-state index is 14.4. The predicted octanol–water partition coefficient (Wildman–Crippen LogP) is 9.34. The van der Waals surface area contributed by atoms with Gasteiger partial charge >= 0.3 is 5.97 Å². The molecule has 1 aliphatic rings. The number of anilines is 1. The van der Waals surface area contributed by atoms with Gasteiger partial charge in [0.25, 0.3) is 10.0 Å². The Kier molecular flexibility index (Phi) is 7.46. The van der Waals surface area contributed by atoms with Crippen molar-refractivity contribution in [1.29, 1.82) is 0 Å². The van der Waals surface area contributed by atoms with Crippen molar-refractivity contribution in [1.82, 2.24) is 0 Å². The summed E-state index contributed by atoms with van der Waals surface area (Å²) >= 11 is 0. The van der Waals surface area contributed by atoms with Crippen LogP contribution in [0.2, 0.25) is 0 Å². The standard InChI is InChI=1S/C40H33NO4S/c1-4-45-40(42)30-20-23-32-34(24-30)38(28-10-6-5-7-11-28)39-33-12-8-9-13-36(33)41(46(43,44)31-21-16-27(3)17-22-31)25-35(39)37(32)29-18-14-26(2)15-19-29/h5-24H,4,25H2,1-3H3. The average molecular weight is 624 g/mol. The highest BCUT2D eigenvalue weighted by Gasteiger charge is 2.36. The molecule has 5 nitrogen and oxygen atoms in total. The highest BCUT2D eigenvalue weighted by Crippen LogP contribution is 2.52. The molecular formula is C40H33NO4S. The summed E-state index contributed by atoms with van der Waals surface area (Å²) < 4.78 is 35.8. The fraction of sp³-hybridized carbons (Fsp3) is 0.125. The van der Waals surface area contributed by atoms with Gasteiger partial charge in [0.05, 0.1) is 29.3 Å². The van der Waals surface area contributed by atoms with Crippen LogP contribution in [0, 0.1) is 13.8 Å². The summed E-state index contributed by atoms with van der Waals surface area (Å²) in [5, 5.41) is 1.83. The van der Waals surface area contributed by atoms with Crippen LogP contribution in [0.1, 0.15) is 34.0 Å². The molecule has 0 saturated carbocycles. The topological polar surface area (TPSA) is 63.7 Å². The fourth-order valence-electron chi connectivity index (χ4n) is 6.48. The first-order valence-corrected chi connectivity index (χ1v) is 16.8. The number of carbonyl (C=O) groups excluding carboxylic acids is 1. The van der Waals surface area contributed by atoms with Gasteiger partial charge in [0, 0.05) is 5.56 Å². The number of carbonyl (C=O) groups is 1. The van der Waals surface area contributed by atoms with E-state index >= 15 is 0 Å². The Bertz CT molecular complexity index is 2220. The Hall–Kier alpha value is -5.20. The fourth-order valence-corrected chi connectivity index (χ4v) is 7.93. The van der Waals surface area contributed by atoms with E-state index in [2.05, 4.69) is 36.4 Å². The first-order chi connectivity index (χ1) is 22.3. The van der Waals surface area contributed by atoms with Gasteiger partial charge in [-0.05, 0) is 95.3 Å². The Morgan fingerprint density at radius 1 is 0.696 bits per heavy atom. The molecule has 0 atom stereocenters. The molecule has 6 aromatic rings. The second-order valence-electron chi connectivity index (χ2n) is 11.7. The highest BCUT2D eigenvalue weighted by atomic mass is 32.2. The Balaban J connectivity index is 1.62. The largest absolute Gasteiger partial charge is 0.462 e. The monoisotopic (exact) mass is 623 g/mol. The Morgan fingerprint density at radius 3 is 2.02 bits per heavy atom. The number of esters is 1. The zero-order valence-corrected chi connectivity index (χ0v) is 26.8. The van der Waals surface area contributed by atoms with E-state index in [9.17, 15) is 13.2 Å². The lowest BCUT2D eigenvalue weighted by Crippen LogP contribution is -2.33. The van der Waals surface area contributed by atoms with Gasteiger partial charge in [-0.3, -0.25) is 4.31 Å². The number of hydrogen-bond acceptors (Lipinski definition) is 4. The minimum absolute atomic E-state index is 0.140. The molecule has 0 bridgehead atoms. The lowest BCUT2D eigenvalue weighted by Gasteiger charge is -2.35. The minimum atomic E-state index is -3.92. The van der Waals surface area contributed by atoms with Crippen LogP contribution in [-0.4, -0.2) is 21.0 Å². The number of para-hydroxylation sites is 1. The molecule has 6 aromatic carbocycles. The molecule has 0 aliphatic carbocycles. The van der Waals surface area contributed by atoms with Gasteiger partial charge in [-0.1, -0.05) is 102 Å². The third-order valence-electron chi connectivity index (χ3n) is 8.68. The minimum Gasteiger partial charge on any atom is -0.462 e. The SMILES string of the molecule is CCOC(=O)c1ccc2c(-c3ccc(C)cc3)c3c(c(-c4ccccc4)c2c1)-c1ccccc1N(S(=O)(=O)c1ccc(C)cc1)C3. The van der Waals surface area contributed by atoms with Gasteiger partial charge in [-0.2, -0.15) is 0 Å². The number of sulfonamides is 1. The van der Waals surface area contributed by atoms with Crippen molar-refractivity contribution < 1.29 is 17.9 Å². The summed E-state index contributed by atoms with van der Waals surface area (Å²) in [5.74, 6) is -0.381. The van der Waals surface area contributed by atoms with E-state index in [1.54, 1.807) is 29.4 Å². The summed E-state index contributed by atoms with van der Waals surface area (Å²) in [6, 6.07) is 38.8. The first-order valence-electron chi connectivity index (χ1n) is 15.4. The van der Waals surface area contributed by atoms with Crippen LogP contribution >= 0.6 is 0 Å². The second kappa shape index (κ2) is 11.6. The third-order valence-corrected chi connectivity index (χ3v) is 10.5. The Labute approximate surface area is 269 Å². The van der Waals surface area contributed by atoms with Crippen LogP contribution in [0.25, 0.3) is 44.2 Å². The first kappa shape index (κ1) is 29.5. The van der Waals surface area contributed by atoms with E-state index in [0.29, 0.717) is 11.3 Å². The molecular weight excluding hydrogens is 591 g/mol. The molecule has 0 spiro atoms. The number of aryl methyl sites for hydroxylation is 2. The molecule has 0 aromatic heterocycles. The van der Waals surface area contributed by atoms with Crippen molar-refractivity contribution in [3.63, 3.8) is 0 Å². The molecule has 0 N–H and O–H groups in total. The van der Waals surface area contributed by atoms with Crippen molar-refractivity contribution in [3.8, 4) is 33.4 Å². The lowest BCUT2D eigenvalue weighted by atomic mass is 9.79. The van der Waals surface area contributed by atoms with Crippen LogP contribution in [0.3, 0.4) is 0 Å². The number of benzene rings is 6. The van der Waals surface area contributed by atoms with Crippen molar-refractivity contribution >= 4 is 32.5 Å². The maximum Gasteiger partial charge on any atom is 0.338 e. The number of nitrogens with zero attached hydrogens (tertiary/aromatic N) is 1. The molecule has 0 radical (unpaired) electrons. The molecule has 1 aliphatic heterocycles. The third kappa shape index (κ3) is 4.95. The quantitative estimate of drug-likeness (QED) is 0.174. The molecule has 6 heteroatoms. The summed E-state index contributed by atoms with van der Waals surface area (Å²) in [4.78, 5) is 13.3. The molecule has 0 fully saturated rings. The molecule has 7 rings (SSSR count). The zero-order valence-electron chi connectivity index (χ0n) is 25.9. The molecule has 46 heavy (non-hydrogen) atoms. The van der Waals surface area contributed by atoms with E-state index < -0.39 is 10.0 Å². The normalized spacial score (nSPS) is 12.5. The average Bonchev–Trinajstić information content (AvgIpc) is 3.07. The van der Waals surface area contributed by atoms with Crippen LogP contribution in [0.4, 0.5) is 5.69 Å². The van der Waals surface area contributed by atoms with E-state index in [1.807, 2.05) is 80.6 Å². The summed E-state index contributed by atoms with van der Waals surface area (Å²) in [6.45, 7) is 6.21. The van der Waals surface area contributed by atoms with Crippen molar-refractivity contribution in [2.45, 2.75) is 32.2 Å². The highest BCUT2D eigenvalue weighted by molar-refractivity contribution is 7.92. The second-order valence-corrected chi connectivity index (χ2v) is 13.5. The number of rotatable bonds is 6. The molecule has 0 unspecified atom stereocenters. The maximum absolute atomic E-state index is 14.4. The van der Waals surface area contributed by atoms with Crippen LogP contribution in [0.5, 0.6) is 0 Å². The van der Waals surface area contributed by atoms with Crippen molar-refractivity contribution in [3.05, 3.63) is 144 Å². The smallest absolute Gasteiger partial charge is 0.338 e. The zero-order chi connectivity index (χ0) is 32.0. The lowest BCUT2D eigenvalue weighted by molar-refractivity contribution is 0.0526. The summed E-state index contributed by atoms with van der Waals surface area (Å²) in [7, 11) is -3.92. The van der Waals surface area contributed by atoms with Gasteiger partial charge in [0.15, 0.2) is 0 Å². The van der Waals surface area contributed by atoms with Crippen LogP contribution in [0.15, 0.2) is 126 Å². The van der Waals surface area contributed by atoms with Gasteiger partial charge < -0.3 is 4.74 Å². The summed E-state index contributed by atoms with van der Waals surface area (Å²) in [6.07, 6.45) is 0. The van der Waals surface area contributed by atoms with Crippen molar-refractivity contribution in [2.24, 2.45) is 0 Å². The van der Waals surface area contributed by atoms with Crippen LogP contribution in [-0.2, 0) is 21.3 Å². The Morgan fingerprint density at radius 2 is 1.33 bits per heavy atom. The van der Waals surface area contributed by atoms with Gasteiger partial charge in [-0.25, -0.2) is 13.2 Å². The number of hydrogen-bond donors (Lipinski definition) is 0. The number of fused-ring (bicyclic) bond motifs is 4. The molecule has 0 saturated heterocycles. The summed E-state index contributed by atoms with van der Waals surface area (Å²) in [5.41, 5.74) is 9.73. The van der Waals surface area contributed by atoms with Crippen LogP contribution < -0.4 is 4.31 Å². The van der Waals surface area contributed by atoms with E-state index in [0.717, 1.165) is 60.8 Å². The molecule has 0 amide bonds. The number of ether oxygens (including phenoxy) is 1. The van der Waals surface area contributed by atoms with Gasteiger partial charge in [0.2, 0.25) is 0 Å². The van der Waals surface area contributed by atoms with Gasteiger partial charge in [-0.15, -0.1) is 0 Å². The predicted molar refractivity (Wildman–Crippen MR) is 185 cm³/mol. The van der Waals surface area contributed by atoms with Crippen molar-refractivity contribution in [2.75, 3.05) is 10.9 Å².